The maximum absolute atomic E-state index is 12.1. The quantitative estimate of drug-likeness (QED) is 0.317. The highest BCUT2D eigenvalue weighted by Crippen LogP contribution is 2.24. The Morgan fingerprint density at radius 1 is 1.04 bits per heavy atom. The van der Waals surface area contributed by atoms with Gasteiger partial charge in [-0.2, -0.15) is 5.10 Å². The summed E-state index contributed by atoms with van der Waals surface area (Å²) in [5.41, 5.74) is 0.806. The number of hydrogen-bond acceptors (Lipinski definition) is 8. The molecule has 0 aromatic heterocycles. The first-order chi connectivity index (χ1) is 12.2. The van der Waals surface area contributed by atoms with Crippen LogP contribution < -0.4 is 5.43 Å². The number of nitro groups is 2. The summed E-state index contributed by atoms with van der Waals surface area (Å²) < 4.78 is 0. The number of hydrazone groups is 1. The van der Waals surface area contributed by atoms with Crippen LogP contribution in [0.4, 0.5) is 11.4 Å². The number of benzene rings is 2. The monoisotopic (exact) mass is 360 g/mol. The lowest BCUT2D eigenvalue weighted by atomic mass is 10.1. The number of carbonyl (C=O) groups excluding carboxylic acids is 1. The summed E-state index contributed by atoms with van der Waals surface area (Å²) in [5.74, 6) is -1.24. The SMILES string of the molecule is CC(=NNC(=O)c1cc([N+](=O)[O-])cc([N+](=O)[O-])c1)c1cc(O)ccc1O. The molecule has 0 bridgehead atoms. The zero-order valence-electron chi connectivity index (χ0n) is 13.2. The molecule has 26 heavy (non-hydrogen) atoms. The minimum absolute atomic E-state index is 0.131. The molecule has 1 amide bonds. The van der Waals surface area contributed by atoms with Crippen LogP contribution in [0.15, 0.2) is 41.5 Å². The first kappa shape index (κ1) is 18.3. The lowest BCUT2D eigenvalue weighted by molar-refractivity contribution is -0.394. The zero-order valence-corrected chi connectivity index (χ0v) is 13.2. The van der Waals surface area contributed by atoms with Crippen LogP contribution >= 0.6 is 0 Å². The van der Waals surface area contributed by atoms with Crippen molar-refractivity contribution in [3.05, 3.63) is 67.8 Å². The number of non-ortho nitro benzene ring substituents is 2. The number of nitrogens with one attached hydrogen (secondary N) is 1. The largest absolute Gasteiger partial charge is 0.508 e. The molecule has 0 fully saturated rings. The van der Waals surface area contributed by atoms with Gasteiger partial charge in [-0.3, -0.25) is 25.0 Å². The second-order valence-corrected chi connectivity index (χ2v) is 5.09. The first-order valence-corrected chi connectivity index (χ1v) is 7.00. The van der Waals surface area contributed by atoms with E-state index in [0.717, 1.165) is 18.2 Å². The zero-order chi connectivity index (χ0) is 19.4. The molecule has 11 heteroatoms. The lowest BCUT2D eigenvalue weighted by Crippen LogP contribution is -2.19. The number of nitro benzene ring substituents is 2. The smallest absolute Gasteiger partial charge is 0.277 e. The van der Waals surface area contributed by atoms with E-state index in [1.807, 2.05) is 0 Å². The van der Waals surface area contributed by atoms with Crippen LogP contribution in [0.1, 0.15) is 22.8 Å². The van der Waals surface area contributed by atoms with Crippen LogP contribution in [0.25, 0.3) is 0 Å². The Kier molecular flexibility index (Phi) is 5.11. The van der Waals surface area contributed by atoms with Gasteiger partial charge in [-0.15, -0.1) is 0 Å². The molecule has 0 saturated carbocycles. The fourth-order valence-corrected chi connectivity index (χ4v) is 2.01. The molecule has 0 heterocycles. The van der Waals surface area contributed by atoms with Crippen molar-refractivity contribution in [2.24, 2.45) is 5.10 Å². The summed E-state index contributed by atoms with van der Waals surface area (Å²) in [7, 11) is 0. The van der Waals surface area contributed by atoms with Crippen molar-refractivity contribution in [1.29, 1.82) is 0 Å². The Labute approximate surface area is 145 Å². The summed E-state index contributed by atoms with van der Waals surface area (Å²) in [6, 6.07) is 6.19. The number of aromatic hydroxyl groups is 2. The van der Waals surface area contributed by atoms with Gasteiger partial charge in [-0.1, -0.05) is 0 Å². The molecule has 0 aliphatic heterocycles. The van der Waals surface area contributed by atoms with Gasteiger partial charge >= 0.3 is 0 Å². The van der Waals surface area contributed by atoms with E-state index in [1.165, 1.54) is 25.1 Å². The van der Waals surface area contributed by atoms with E-state index in [4.69, 9.17) is 0 Å². The van der Waals surface area contributed by atoms with Crippen LogP contribution in [0.2, 0.25) is 0 Å². The lowest BCUT2D eigenvalue weighted by Gasteiger charge is -2.06. The molecule has 11 nitrogen and oxygen atoms in total. The fourth-order valence-electron chi connectivity index (χ4n) is 2.01. The highest BCUT2D eigenvalue weighted by atomic mass is 16.6. The average Bonchev–Trinajstić information content (AvgIpc) is 2.60. The molecule has 0 saturated heterocycles. The number of rotatable bonds is 5. The van der Waals surface area contributed by atoms with E-state index in [9.17, 15) is 35.2 Å². The van der Waals surface area contributed by atoms with E-state index in [2.05, 4.69) is 10.5 Å². The van der Waals surface area contributed by atoms with Gasteiger partial charge in [0, 0.05) is 17.7 Å². The van der Waals surface area contributed by atoms with Gasteiger partial charge in [0.2, 0.25) is 0 Å². The Morgan fingerprint density at radius 3 is 2.15 bits per heavy atom. The normalized spacial score (nSPS) is 11.0. The number of hydrogen-bond donors (Lipinski definition) is 3. The topological polar surface area (TPSA) is 168 Å². The van der Waals surface area contributed by atoms with Crippen molar-refractivity contribution in [3.8, 4) is 11.5 Å². The molecular weight excluding hydrogens is 348 g/mol. The van der Waals surface area contributed by atoms with Crippen molar-refractivity contribution in [2.75, 3.05) is 0 Å². The molecule has 0 radical (unpaired) electrons. The summed E-state index contributed by atoms with van der Waals surface area (Å²) in [6.45, 7) is 1.44. The minimum Gasteiger partial charge on any atom is -0.508 e. The van der Waals surface area contributed by atoms with Gasteiger partial charge in [0.05, 0.1) is 27.2 Å². The third-order valence-electron chi connectivity index (χ3n) is 3.28. The van der Waals surface area contributed by atoms with Gasteiger partial charge in [0.15, 0.2) is 0 Å². The average molecular weight is 360 g/mol. The van der Waals surface area contributed by atoms with Gasteiger partial charge in [-0.25, -0.2) is 5.43 Å². The van der Waals surface area contributed by atoms with Crippen molar-refractivity contribution >= 4 is 23.0 Å². The maximum atomic E-state index is 12.1. The number of carbonyl (C=O) groups is 1. The number of amides is 1. The molecule has 2 aromatic carbocycles. The van der Waals surface area contributed by atoms with Crippen molar-refractivity contribution in [2.45, 2.75) is 6.92 Å². The fraction of sp³-hybridized carbons (Fsp3) is 0.0667. The maximum Gasteiger partial charge on any atom is 0.277 e. The van der Waals surface area contributed by atoms with Gasteiger partial charge < -0.3 is 10.2 Å². The molecule has 0 atom stereocenters. The van der Waals surface area contributed by atoms with Gasteiger partial charge in [-0.05, 0) is 25.1 Å². The third kappa shape index (κ3) is 4.08. The molecular formula is C15H12N4O7. The summed E-state index contributed by atoms with van der Waals surface area (Å²) in [4.78, 5) is 32.1. The molecule has 0 spiro atoms. The van der Waals surface area contributed by atoms with E-state index in [1.54, 1.807) is 0 Å². The molecule has 134 valence electrons. The van der Waals surface area contributed by atoms with E-state index in [0.29, 0.717) is 0 Å². The Morgan fingerprint density at radius 2 is 1.62 bits per heavy atom. The van der Waals surface area contributed by atoms with Crippen LogP contribution in [-0.2, 0) is 0 Å². The molecule has 0 unspecified atom stereocenters. The second-order valence-electron chi connectivity index (χ2n) is 5.09. The molecule has 2 aromatic rings. The number of nitrogens with zero attached hydrogens (tertiary/aromatic N) is 3. The first-order valence-electron chi connectivity index (χ1n) is 7.00. The number of phenolic OH excluding ortho intramolecular Hbond substituents is 2. The van der Waals surface area contributed by atoms with Crippen LogP contribution in [0.5, 0.6) is 11.5 Å². The highest BCUT2D eigenvalue weighted by Gasteiger charge is 2.20. The summed E-state index contributed by atoms with van der Waals surface area (Å²) >= 11 is 0. The van der Waals surface area contributed by atoms with Crippen molar-refractivity contribution in [1.82, 2.24) is 5.43 Å². The molecule has 0 aliphatic rings. The minimum atomic E-state index is -0.921. The summed E-state index contributed by atoms with van der Waals surface area (Å²) in [6.07, 6.45) is 0. The predicted octanol–water partition coefficient (Wildman–Crippen LogP) is 2.07. The van der Waals surface area contributed by atoms with E-state index in [-0.39, 0.29) is 28.3 Å². The summed E-state index contributed by atoms with van der Waals surface area (Å²) in [5, 5.41) is 44.6. The van der Waals surface area contributed by atoms with Gasteiger partial charge in [0.1, 0.15) is 11.5 Å². The number of phenols is 2. The molecule has 2 rings (SSSR count). The van der Waals surface area contributed by atoms with Crippen LogP contribution in [0.3, 0.4) is 0 Å². The highest BCUT2D eigenvalue weighted by molar-refractivity contribution is 6.03. The Bertz CT molecular complexity index is 907. The third-order valence-corrected chi connectivity index (χ3v) is 3.28. The van der Waals surface area contributed by atoms with Crippen LogP contribution in [0, 0.1) is 20.2 Å². The Hall–Kier alpha value is -4.02. The Balaban J connectivity index is 2.31. The van der Waals surface area contributed by atoms with Crippen molar-refractivity contribution < 1.29 is 24.9 Å². The second kappa shape index (κ2) is 7.25. The van der Waals surface area contributed by atoms with Gasteiger partial charge in [0.25, 0.3) is 17.3 Å². The van der Waals surface area contributed by atoms with E-state index < -0.39 is 27.1 Å². The molecule has 0 aliphatic carbocycles. The molecule has 3 N–H and O–H groups in total. The standard InChI is InChI=1S/C15H12N4O7/c1-8(13-7-12(20)2-3-14(13)21)16-17-15(22)9-4-10(18(23)24)6-11(5-9)19(25)26/h2-7,20-21H,1H3,(H,17,22). The van der Waals surface area contributed by atoms with Crippen molar-refractivity contribution in [3.63, 3.8) is 0 Å². The van der Waals surface area contributed by atoms with Crippen LogP contribution in [-0.4, -0.2) is 31.7 Å². The van der Waals surface area contributed by atoms with E-state index >= 15 is 0 Å². The predicted molar refractivity (Wildman–Crippen MR) is 89.2 cm³/mol.